The van der Waals surface area contributed by atoms with Gasteiger partial charge in [0.2, 0.25) is 0 Å². The summed E-state index contributed by atoms with van der Waals surface area (Å²) in [7, 11) is 0. The molecule has 2 amide bonds. The van der Waals surface area contributed by atoms with E-state index < -0.39 is 0 Å². The average molecular weight is 388 g/mol. The number of rotatable bonds is 5. The third-order valence-corrected chi connectivity index (χ3v) is 4.03. The van der Waals surface area contributed by atoms with Crippen LogP contribution >= 0.6 is 23.2 Å². The predicted molar refractivity (Wildman–Crippen MR) is 105 cm³/mol. The Labute approximate surface area is 160 Å². The Hall–Kier alpha value is -2.83. The molecule has 0 bridgehead atoms. The van der Waals surface area contributed by atoms with E-state index in [4.69, 9.17) is 23.2 Å². The third-order valence-electron chi connectivity index (χ3n) is 3.42. The van der Waals surface area contributed by atoms with Gasteiger partial charge in [-0.05, 0) is 29.8 Å². The first-order valence-corrected chi connectivity index (χ1v) is 8.49. The number of hydrogen-bond donors (Lipinski definition) is 3. The lowest BCUT2D eigenvalue weighted by atomic mass is 10.2. The number of anilines is 3. The van der Waals surface area contributed by atoms with Gasteiger partial charge < -0.3 is 16.0 Å². The number of benzene rings is 2. The van der Waals surface area contributed by atoms with Gasteiger partial charge in [-0.1, -0.05) is 47.5 Å². The van der Waals surface area contributed by atoms with E-state index in [0.29, 0.717) is 33.9 Å². The van der Waals surface area contributed by atoms with E-state index in [0.717, 1.165) is 5.56 Å². The summed E-state index contributed by atoms with van der Waals surface area (Å²) < 4.78 is 0. The zero-order valence-corrected chi connectivity index (χ0v) is 15.1. The molecule has 0 spiro atoms. The van der Waals surface area contributed by atoms with Crippen LogP contribution in [0.3, 0.4) is 0 Å². The summed E-state index contributed by atoms with van der Waals surface area (Å²) in [5.41, 5.74) is 2.14. The highest BCUT2D eigenvalue weighted by Crippen LogP contribution is 2.21. The maximum Gasteiger partial charge on any atom is 0.323 e. The lowest BCUT2D eigenvalue weighted by molar-refractivity contribution is 0.262. The standard InChI is InChI=1S/C18H15Cl2N5O/c19-14-6-1-2-7-15(14)25-18(26)24-13-5-3-4-12(10-13)11-23-17-16(20)21-8-9-22-17/h1-10H,11H2,(H,22,23)(H2,24,25,26). The van der Waals surface area contributed by atoms with Crippen LogP contribution < -0.4 is 16.0 Å². The van der Waals surface area contributed by atoms with Crippen molar-refractivity contribution in [3.8, 4) is 0 Å². The molecule has 0 atom stereocenters. The van der Waals surface area contributed by atoms with E-state index >= 15 is 0 Å². The van der Waals surface area contributed by atoms with Crippen molar-refractivity contribution in [2.24, 2.45) is 0 Å². The van der Waals surface area contributed by atoms with Crippen LogP contribution in [0.4, 0.5) is 22.0 Å². The fourth-order valence-corrected chi connectivity index (χ4v) is 2.59. The van der Waals surface area contributed by atoms with Gasteiger partial charge in [0.25, 0.3) is 0 Å². The number of hydrogen-bond acceptors (Lipinski definition) is 4. The molecule has 0 radical (unpaired) electrons. The van der Waals surface area contributed by atoms with Crippen molar-refractivity contribution in [3.05, 3.63) is 76.7 Å². The lowest BCUT2D eigenvalue weighted by Gasteiger charge is -2.11. The van der Waals surface area contributed by atoms with E-state index in [1.807, 2.05) is 18.2 Å². The Kier molecular flexibility index (Phi) is 5.88. The van der Waals surface area contributed by atoms with E-state index in [1.165, 1.54) is 6.20 Å². The summed E-state index contributed by atoms with van der Waals surface area (Å²) in [6.45, 7) is 0.486. The van der Waals surface area contributed by atoms with Gasteiger partial charge in [-0.25, -0.2) is 14.8 Å². The Bertz CT molecular complexity index is 919. The van der Waals surface area contributed by atoms with Crippen LogP contribution in [-0.2, 0) is 6.54 Å². The Morgan fingerprint density at radius 1 is 0.962 bits per heavy atom. The van der Waals surface area contributed by atoms with Crippen LogP contribution in [0.2, 0.25) is 10.2 Å². The normalized spacial score (nSPS) is 10.2. The monoisotopic (exact) mass is 387 g/mol. The topological polar surface area (TPSA) is 78.9 Å². The van der Waals surface area contributed by atoms with Crippen LogP contribution in [0.25, 0.3) is 0 Å². The van der Waals surface area contributed by atoms with E-state index in [-0.39, 0.29) is 6.03 Å². The Balaban J connectivity index is 1.61. The highest BCUT2D eigenvalue weighted by atomic mass is 35.5. The van der Waals surface area contributed by atoms with Crippen molar-refractivity contribution < 1.29 is 4.79 Å². The van der Waals surface area contributed by atoms with Gasteiger partial charge in [0, 0.05) is 24.6 Å². The van der Waals surface area contributed by atoms with Crippen molar-refractivity contribution in [1.82, 2.24) is 9.97 Å². The Morgan fingerprint density at radius 3 is 2.58 bits per heavy atom. The third kappa shape index (κ3) is 4.84. The molecule has 6 nitrogen and oxygen atoms in total. The minimum atomic E-state index is -0.375. The maximum atomic E-state index is 12.1. The van der Waals surface area contributed by atoms with Crippen molar-refractivity contribution >= 4 is 46.4 Å². The highest BCUT2D eigenvalue weighted by Gasteiger charge is 2.06. The molecular weight excluding hydrogens is 373 g/mol. The number of nitrogens with one attached hydrogen (secondary N) is 3. The molecule has 0 unspecified atom stereocenters. The van der Waals surface area contributed by atoms with Gasteiger partial charge in [0.1, 0.15) is 0 Å². The second-order valence-electron chi connectivity index (χ2n) is 5.31. The van der Waals surface area contributed by atoms with Crippen LogP contribution in [0.1, 0.15) is 5.56 Å². The van der Waals surface area contributed by atoms with Gasteiger partial charge in [-0.2, -0.15) is 0 Å². The second-order valence-corrected chi connectivity index (χ2v) is 6.07. The number of carbonyl (C=O) groups is 1. The van der Waals surface area contributed by atoms with E-state index in [9.17, 15) is 4.79 Å². The predicted octanol–water partition coefficient (Wildman–Crippen LogP) is 5.04. The van der Waals surface area contributed by atoms with Crippen molar-refractivity contribution in [3.63, 3.8) is 0 Å². The summed E-state index contributed by atoms with van der Waals surface area (Å²) in [4.78, 5) is 20.2. The number of amides is 2. The fourth-order valence-electron chi connectivity index (χ4n) is 2.23. The van der Waals surface area contributed by atoms with Crippen molar-refractivity contribution in [2.45, 2.75) is 6.54 Å². The van der Waals surface area contributed by atoms with Gasteiger partial charge in [0.15, 0.2) is 11.0 Å². The molecule has 132 valence electrons. The molecule has 1 aromatic heterocycles. The average Bonchev–Trinajstić information content (AvgIpc) is 2.63. The van der Waals surface area contributed by atoms with Crippen LogP contribution in [0, 0.1) is 0 Å². The van der Waals surface area contributed by atoms with Gasteiger partial charge in [-0.15, -0.1) is 0 Å². The highest BCUT2D eigenvalue weighted by molar-refractivity contribution is 6.33. The second kappa shape index (κ2) is 8.51. The minimum Gasteiger partial charge on any atom is -0.363 e. The molecule has 2 aromatic carbocycles. The quantitative estimate of drug-likeness (QED) is 0.572. The molecule has 0 aliphatic rings. The molecule has 0 fully saturated rings. The number of para-hydroxylation sites is 1. The SMILES string of the molecule is O=C(Nc1cccc(CNc2nccnc2Cl)c1)Nc1ccccc1Cl. The first kappa shape index (κ1) is 18.0. The zero-order chi connectivity index (χ0) is 18.4. The number of urea groups is 1. The number of carbonyl (C=O) groups excluding carboxylic acids is 1. The molecule has 26 heavy (non-hydrogen) atoms. The molecule has 0 aliphatic carbocycles. The first-order chi connectivity index (χ1) is 12.6. The fraction of sp³-hybridized carbons (Fsp3) is 0.0556. The Morgan fingerprint density at radius 2 is 1.77 bits per heavy atom. The molecule has 3 rings (SSSR count). The summed E-state index contributed by atoms with van der Waals surface area (Å²) in [6, 6.07) is 14.1. The number of aromatic nitrogens is 2. The lowest BCUT2D eigenvalue weighted by Crippen LogP contribution is -2.19. The van der Waals surface area contributed by atoms with E-state index in [2.05, 4.69) is 25.9 Å². The summed E-state index contributed by atoms with van der Waals surface area (Å²) >= 11 is 12.0. The van der Waals surface area contributed by atoms with Gasteiger partial charge in [0.05, 0.1) is 10.7 Å². The summed E-state index contributed by atoms with van der Waals surface area (Å²) in [5, 5.41) is 9.37. The zero-order valence-electron chi connectivity index (χ0n) is 13.5. The molecule has 0 saturated heterocycles. The molecule has 3 N–H and O–H groups in total. The van der Waals surface area contributed by atoms with Gasteiger partial charge in [-0.3, -0.25) is 0 Å². The minimum absolute atomic E-state index is 0.306. The molecular formula is C18H15Cl2N5O. The number of nitrogens with zero attached hydrogens (tertiary/aromatic N) is 2. The van der Waals surface area contributed by atoms with Crippen molar-refractivity contribution in [2.75, 3.05) is 16.0 Å². The molecule has 1 heterocycles. The van der Waals surface area contributed by atoms with Crippen molar-refractivity contribution in [1.29, 1.82) is 0 Å². The molecule has 0 aliphatic heterocycles. The van der Waals surface area contributed by atoms with Crippen LogP contribution in [0.5, 0.6) is 0 Å². The largest absolute Gasteiger partial charge is 0.363 e. The van der Waals surface area contributed by atoms with Gasteiger partial charge >= 0.3 is 6.03 Å². The van der Waals surface area contributed by atoms with Crippen LogP contribution in [0.15, 0.2) is 60.9 Å². The maximum absolute atomic E-state index is 12.1. The number of halogens is 2. The smallest absolute Gasteiger partial charge is 0.323 e. The molecule has 8 heteroatoms. The molecule has 3 aromatic rings. The first-order valence-electron chi connectivity index (χ1n) is 7.73. The summed E-state index contributed by atoms with van der Waals surface area (Å²) in [5.74, 6) is 0.504. The summed E-state index contributed by atoms with van der Waals surface area (Å²) in [6.07, 6.45) is 3.08. The van der Waals surface area contributed by atoms with Crippen LogP contribution in [-0.4, -0.2) is 16.0 Å². The van der Waals surface area contributed by atoms with E-state index in [1.54, 1.807) is 36.5 Å². The molecule has 0 saturated carbocycles.